The fourth-order valence-electron chi connectivity index (χ4n) is 8.44. The molecule has 1 unspecified atom stereocenters. The van der Waals surface area contributed by atoms with Crippen molar-refractivity contribution in [2.45, 2.75) is 63.8 Å². The Balaban J connectivity index is 1.01. The minimum absolute atomic E-state index is 0.0205. The molecule has 4 aliphatic rings. The number of aromatic carboxylic acids is 2. The smallest absolute Gasteiger partial charge is 0.335 e. The lowest BCUT2D eigenvalue weighted by Crippen LogP contribution is -2.51. The predicted octanol–water partition coefficient (Wildman–Crippen LogP) is 4.38. The molecule has 0 aliphatic heterocycles. The third-order valence-corrected chi connectivity index (χ3v) is 10.2. The van der Waals surface area contributed by atoms with Crippen molar-refractivity contribution < 1.29 is 34.2 Å². The molecule has 2 aromatic carbocycles. The zero-order valence-electron chi connectivity index (χ0n) is 26.1. The minimum atomic E-state index is -1.33. The van der Waals surface area contributed by atoms with Crippen molar-refractivity contribution >= 4 is 46.3 Å². The topological polar surface area (TPSA) is 204 Å². The molecule has 12 heteroatoms. The van der Waals surface area contributed by atoms with E-state index in [4.69, 9.17) is 5.73 Å². The molecule has 47 heavy (non-hydrogen) atoms. The Morgan fingerprint density at radius 3 is 2.04 bits per heavy atom. The van der Waals surface area contributed by atoms with Crippen molar-refractivity contribution in [3.63, 3.8) is 0 Å². The van der Waals surface area contributed by atoms with E-state index in [0.29, 0.717) is 37.1 Å². The van der Waals surface area contributed by atoms with Crippen LogP contribution in [0, 0.1) is 23.2 Å². The average Bonchev–Trinajstić information content (AvgIpc) is 3.49. The Morgan fingerprint density at radius 1 is 0.830 bits per heavy atom. The zero-order valence-corrected chi connectivity index (χ0v) is 26.1. The molecule has 0 radical (unpaired) electrons. The molecule has 1 aromatic heterocycles. The van der Waals surface area contributed by atoms with Gasteiger partial charge < -0.3 is 36.9 Å². The number of carbonyl (C=O) groups excluding carboxylic acids is 3. The molecule has 8 N–H and O–H groups in total. The van der Waals surface area contributed by atoms with E-state index in [2.05, 4.69) is 20.9 Å². The maximum Gasteiger partial charge on any atom is 0.335 e. The summed E-state index contributed by atoms with van der Waals surface area (Å²) in [5.41, 5.74) is 7.09. The number of amides is 3. The second kappa shape index (κ2) is 13.2. The Kier molecular flexibility index (Phi) is 9.05. The first kappa shape index (κ1) is 32.2. The molecule has 3 amide bonds. The van der Waals surface area contributed by atoms with Gasteiger partial charge >= 0.3 is 11.9 Å². The van der Waals surface area contributed by atoms with Crippen LogP contribution in [0.1, 0.15) is 99.2 Å². The van der Waals surface area contributed by atoms with Gasteiger partial charge in [0.25, 0.3) is 11.8 Å². The van der Waals surface area contributed by atoms with Gasteiger partial charge in [-0.15, -0.1) is 0 Å². The second-order valence-corrected chi connectivity index (χ2v) is 13.8. The first-order valence-corrected chi connectivity index (χ1v) is 16.3. The summed E-state index contributed by atoms with van der Waals surface area (Å²) in [4.78, 5) is 65.3. The maximum absolute atomic E-state index is 13.6. The van der Waals surface area contributed by atoms with Crippen LogP contribution in [0.2, 0.25) is 0 Å². The number of hydrogen-bond acceptors (Lipinski definition) is 6. The molecule has 7 rings (SSSR count). The number of hydrogen-bond donors (Lipinski definition) is 7. The van der Waals surface area contributed by atoms with Gasteiger partial charge in [0.05, 0.1) is 28.3 Å². The van der Waals surface area contributed by atoms with Gasteiger partial charge in [0.15, 0.2) is 0 Å². The van der Waals surface area contributed by atoms with Crippen LogP contribution in [-0.4, -0.2) is 64.0 Å². The van der Waals surface area contributed by atoms with Crippen molar-refractivity contribution in [2.75, 3.05) is 18.4 Å². The Bertz CT molecular complexity index is 1660. The highest BCUT2D eigenvalue weighted by Crippen LogP contribution is 2.59. The quantitative estimate of drug-likeness (QED) is 0.133. The summed E-state index contributed by atoms with van der Waals surface area (Å²) in [6.07, 6.45) is 10.6. The molecule has 0 spiro atoms. The second-order valence-electron chi connectivity index (χ2n) is 13.8. The fourth-order valence-corrected chi connectivity index (χ4v) is 8.44. The van der Waals surface area contributed by atoms with Gasteiger partial charge in [0, 0.05) is 35.9 Å². The number of nitrogens with one attached hydrogen (secondary N) is 4. The molecule has 248 valence electrons. The fraction of sp³-hybridized carbons (Fsp3) is 0.457. The number of carbonyl (C=O) groups is 5. The van der Waals surface area contributed by atoms with Gasteiger partial charge in [-0.3, -0.25) is 14.4 Å². The van der Waals surface area contributed by atoms with Crippen molar-refractivity contribution in [2.24, 2.45) is 28.9 Å². The average molecular weight is 644 g/mol. The van der Waals surface area contributed by atoms with Crippen molar-refractivity contribution in [1.82, 2.24) is 15.6 Å². The molecule has 3 aromatic rings. The standard InChI is InChI=1S/C35H41N5O7/c36-28(32(43)40-25-11-23(33(44)45)10-24(12-25)34(46)47)3-1-2-5-38-30(41)26-13-22-4-6-37-29(22)14-27(26)31(42)39-18-35-15-19-7-20(16-35)9-21(8-19)17-35/h4,6,10-14,19-21,28,37H,1-3,5,7-9,15-18,36H2,(H,38,41)(H,39,42)(H,40,43)(H,44,45)(H,46,47). The molecular weight excluding hydrogens is 602 g/mol. The summed E-state index contributed by atoms with van der Waals surface area (Å²) in [6, 6.07) is 7.72. The van der Waals surface area contributed by atoms with Gasteiger partial charge in [-0.2, -0.15) is 0 Å². The number of fused-ring (bicyclic) bond motifs is 1. The van der Waals surface area contributed by atoms with E-state index in [1.54, 1.807) is 18.3 Å². The normalized spacial score (nSPS) is 23.3. The summed E-state index contributed by atoms with van der Waals surface area (Å²) in [5.74, 6) is -1.50. The zero-order chi connectivity index (χ0) is 33.3. The monoisotopic (exact) mass is 643 g/mol. The number of aromatic amines is 1. The van der Waals surface area contributed by atoms with Crippen LogP contribution < -0.4 is 21.7 Å². The summed E-state index contributed by atoms with van der Waals surface area (Å²) < 4.78 is 0. The van der Waals surface area contributed by atoms with Crippen LogP contribution >= 0.6 is 0 Å². The predicted molar refractivity (Wildman–Crippen MR) is 174 cm³/mol. The minimum Gasteiger partial charge on any atom is -0.478 e. The third-order valence-electron chi connectivity index (χ3n) is 10.2. The summed E-state index contributed by atoms with van der Waals surface area (Å²) in [6.45, 7) is 0.939. The highest BCUT2D eigenvalue weighted by atomic mass is 16.4. The molecule has 4 aliphatic carbocycles. The van der Waals surface area contributed by atoms with Crippen LogP contribution in [0.15, 0.2) is 42.6 Å². The van der Waals surface area contributed by atoms with Crippen molar-refractivity contribution in [1.29, 1.82) is 0 Å². The summed E-state index contributed by atoms with van der Waals surface area (Å²) in [7, 11) is 0. The maximum atomic E-state index is 13.6. The van der Waals surface area contributed by atoms with Crippen LogP contribution in [0.4, 0.5) is 5.69 Å². The van der Waals surface area contributed by atoms with Crippen LogP contribution in [0.5, 0.6) is 0 Å². The molecule has 12 nitrogen and oxygen atoms in total. The lowest BCUT2D eigenvalue weighted by Gasteiger charge is -2.56. The molecular formula is C35H41N5O7. The van der Waals surface area contributed by atoms with Crippen LogP contribution in [0.25, 0.3) is 10.9 Å². The number of anilines is 1. The highest BCUT2D eigenvalue weighted by molar-refractivity contribution is 6.10. The van der Waals surface area contributed by atoms with Crippen molar-refractivity contribution in [3.8, 4) is 0 Å². The molecule has 0 saturated heterocycles. The van der Waals surface area contributed by atoms with Gasteiger partial charge in [0.2, 0.25) is 5.91 Å². The molecule has 4 bridgehead atoms. The van der Waals surface area contributed by atoms with E-state index in [9.17, 15) is 34.2 Å². The van der Waals surface area contributed by atoms with E-state index in [1.807, 2.05) is 6.07 Å². The van der Waals surface area contributed by atoms with Gasteiger partial charge in [-0.05, 0) is 117 Å². The number of benzene rings is 2. The summed E-state index contributed by atoms with van der Waals surface area (Å²) in [5, 5.41) is 27.9. The summed E-state index contributed by atoms with van der Waals surface area (Å²) >= 11 is 0. The lowest BCUT2D eigenvalue weighted by atomic mass is 9.49. The van der Waals surface area contributed by atoms with Gasteiger partial charge in [-0.1, -0.05) is 0 Å². The van der Waals surface area contributed by atoms with E-state index < -0.39 is 23.9 Å². The van der Waals surface area contributed by atoms with Gasteiger partial charge in [-0.25, -0.2) is 9.59 Å². The Labute approximate surface area is 271 Å². The Hall–Kier alpha value is -4.71. The first-order valence-electron chi connectivity index (χ1n) is 16.3. The lowest BCUT2D eigenvalue weighted by molar-refractivity contribution is -0.117. The number of carboxylic acids is 2. The molecule has 1 heterocycles. The molecule has 4 saturated carbocycles. The van der Waals surface area contributed by atoms with E-state index in [0.717, 1.165) is 46.9 Å². The van der Waals surface area contributed by atoms with E-state index in [-0.39, 0.29) is 40.5 Å². The van der Waals surface area contributed by atoms with Crippen molar-refractivity contribution in [3.05, 3.63) is 64.8 Å². The number of unbranched alkanes of at least 4 members (excludes halogenated alkanes) is 1. The van der Waals surface area contributed by atoms with E-state index in [1.165, 1.54) is 38.5 Å². The van der Waals surface area contributed by atoms with E-state index >= 15 is 0 Å². The third kappa shape index (κ3) is 7.17. The number of nitrogens with two attached hydrogens (primary N) is 1. The number of H-pyrrole nitrogens is 1. The Morgan fingerprint density at radius 2 is 1.43 bits per heavy atom. The van der Waals surface area contributed by atoms with Crippen LogP contribution in [0.3, 0.4) is 0 Å². The highest BCUT2D eigenvalue weighted by Gasteiger charge is 2.50. The first-order chi connectivity index (χ1) is 22.5. The van der Waals surface area contributed by atoms with Crippen LogP contribution in [-0.2, 0) is 4.79 Å². The SMILES string of the molecule is NC(CCCCNC(=O)c1cc2cc[nH]c2cc1C(=O)NCC12CC3CC(CC(C3)C1)C2)C(=O)Nc1cc(C(=O)O)cc(C(=O)O)c1. The largest absolute Gasteiger partial charge is 0.478 e. The molecule has 1 atom stereocenters. The number of carboxylic acid groups (broad SMARTS) is 2. The molecule has 4 fully saturated rings. The number of rotatable bonds is 13. The van der Waals surface area contributed by atoms with Gasteiger partial charge in [0.1, 0.15) is 0 Å². The number of aromatic nitrogens is 1.